The Balaban J connectivity index is 1.98. The first-order chi connectivity index (χ1) is 15.0. The van der Waals surface area contributed by atoms with Gasteiger partial charge in [0.1, 0.15) is 5.01 Å². The van der Waals surface area contributed by atoms with Crippen molar-refractivity contribution in [2.45, 2.75) is 26.7 Å². The molecule has 0 saturated heterocycles. The number of amides is 1. The minimum atomic E-state index is -0.0789. The third kappa shape index (κ3) is 4.96. The molecule has 0 unspecified atom stereocenters. The Morgan fingerprint density at radius 3 is 2.32 bits per heavy atom. The van der Waals surface area contributed by atoms with Crippen molar-refractivity contribution in [1.29, 1.82) is 0 Å². The molecule has 1 aromatic heterocycles. The maximum absolute atomic E-state index is 13.2. The summed E-state index contributed by atoms with van der Waals surface area (Å²) in [6.07, 6.45) is 1.84. The summed E-state index contributed by atoms with van der Waals surface area (Å²) in [5.74, 6) is 1.50. The second-order valence-electron chi connectivity index (χ2n) is 6.98. The molecule has 3 rings (SSSR count). The minimum absolute atomic E-state index is 0.0789. The second kappa shape index (κ2) is 10.3. The Morgan fingerprint density at radius 1 is 1.03 bits per heavy atom. The molecule has 0 fully saturated rings. The number of anilines is 1. The lowest BCUT2D eigenvalue weighted by molar-refractivity contribution is 0.0986. The van der Waals surface area contributed by atoms with E-state index in [1.165, 1.54) is 11.3 Å². The van der Waals surface area contributed by atoms with Crippen LogP contribution in [0.1, 0.15) is 35.7 Å². The molecule has 1 heterocycles. The van der Waals surface area contributed by atoms with Crippen LogP contribution in [0.25, 0.3) is 10.6 Å². The smallest absolute Gasteiger partial charge is 0.260 e. The highest BCUT2D eigenvalue weighted by molar-refractivity contribution is 7.18. The van der Waals surface area contributed by atoms with Crippen molar-refractivity contribution in [2.75, 3.05) is 32.8 Å². The Labute approximate surface area is 186 Å². The van der Waals surface area contributed by atoms with E-state index in [2.05, 4.69) is 17.1 Å². The molecule has 0 aliphatic carbocycles. The number of methoxy groups -OCH3 is 3. The molecule has 0 bridgehead atoms. The Kier molecular flexibility index (Phi) is 7.46. The highest BCUT2D eigenvalue weighted by Crippen LogP contribution is 2.42. The van der Waals surface area contributed by atoms with Gasteiger partial charge in [-0.3, -0.25) is 9.69 Å². The zero-order valence-corrected chi connectivity index (χ0v) is 19.3. The molecule has 1 amide bonds. The van der Waals surface area contributed by atoms with Gasteiger partial charge in [0.25, 0.3) is 5.91 Å². The first-order valence-electron chi connectivity index (χ1n) is 10.0. The third-order valence-corrected chi connectivity index (χ3v) is 5.80. The van der Waals surface area contributed by atoms with Crippen LogP contribution in [0.15, 0.2) is 36.4 Å². The van der Waals surface area contributed by atoms with Gasteiger partial charge in [0, 0.05) is 17.7 Å². The predicted molar refractivity (Wildman–Crippen MR) is 123 cm³/mol. The maximum atomic E-state index is 13.2. The Hall–Kier alpha value is -3.13. The number of ether oxygens (including phenoxy) is 3. The Morgan fingerprint density at radius 2 is 1.74 bits per heavy atom. The summed E-state index contributed by atoms with van der Waals surface area (Å²) in [5, 5.41) is 9.89. The number of rotatable bonds is 9. The quantitative estimate of drug-likeness (QED) is 0.466. The van der Waals surface area contributed by atoms with Gasteiger partial charge in [-0.2, -0.15) is 0 Å². The summed E-state index contributed by atoms with van der Waals surface area (Å²) in [4.78, 5) is 14.9. The number of carbonyl (C=O) groups is 1. The van der Waals surface area contributed by atoms with Gasteiger partial charge in [0.2, 0.25) is 10.9 Å². The van der Waals surface area contributed by atoms with E-state index in [1.54, 1.807) is 26.2 Å². The SMILES string of the molecule is CCCCN(C(=O)c1cccc(C)c1)c1nnc(-c2cc(OC)c(OC)c(OC)c2)s1. The van der Waals surface area contributed by atoms with E-state index in [0.717, 1.165) is 24.0 Å². The maximum Gasteiger partial charge on any atom is 0.260 e. The fraction of sp³-hybridized carbons (Fsp3) is 0.348. The normalized spacial score (nSPS) is 10.6. The third-order valence-electron chi connectivity index (χ3n) is 4.80. The number of aromatic nitrogens is 2. The molecule has 0 N–H and O–H groups in total. The monoisotopic (exact) mass is 441 g/mol. The predicted octanol–water partition coefficient (Wildman–Crippen LogP) is 4.99. The number of hydrogen-bond acceptors (Lipinski definition) is 7. The first kappa shape index (κ1) is 22.6. The molecule has 0 atom stereocenters. The second-order valence-corrected chi connectivity index (χ2v) is 7.94. The highest BCUT2D eigenvalue weighted by atomic mass is 32.1. The Bertz CT molecular complexity index is 1030. The van der Waals surface area contributed by atoms with E-state index < -0.39 is 0 Å². The molecule has 8 heteroatoms. The van der Waals surface area contributed by atoms with Crippen molar-refractivity contribution in [2.24, 2.45) is 0 Å². The fourth-order valence-electron chi connectivity index (χ4n) is 3.18. The molecular weight excluding hydrogens is 414 g/mol. The molecule has 0 radical (unpaired) electrons. The van der Waals surface area contributed by atoms with Crippen molar-refractivity contribution in [1.82, 2.24) is 10.2 Å². The average Bonchev–Trinajstić information content (AvgIpc) is 3.28. The van der Waals surface area contributed by atoms with Gasteiger partial charge >= 0.3 is 0 Å². The summed E-state index contributed by atoms with van der Waals surface area (Å²) >= 11 is 1.35. The van der Waals surface area contributed by atoms with Gasteiger partial charge < -0.3 is 14.2 Å². The lowest BCUT2D eigenvalue weighted by Gasteiger charge is -2.19. The van der Waals surface area contributed by atoms with E-state index >= 15 is 0 Å². The number of nitrogens with zero attached hydrogens (tertiary/aromatic N) is 3. The van der Waals surface area contributed by atoms with E-state index in [9.17, 15) is 4.79 Å². The zero-order chi connectivity index (χ0) is 22.4. The van der Waals surface area contributed by atoms with Gasteiger partial charge in [-0.05, 0) is 37.6 Å². The molecular formula is C23H27N3O4S. The van der Waals surface area contributed by atoms with Crippen molar-refractivity contribution < 1.29 is 19.0 Å². The zero-order valence-electron chi connectivity index (χ0n) is 18.5. The van der Waals surface area contributed by atoms with E-state index in [4.69, 9.17) is 14.2 Å². The number of aryl methyl sites for hydroxylation is 1. The first-order valence-corrected chi connectivity index (χ1v) is 10.9. The molecule has 0 aliphatic rings. The van der Waals surface area contributed by atoms with Gasteiger partial charge in [-0.1, -0.05) is 42.4 Å². The average molecular weight is 442 g/mol. The van der Waals surface area contributed by atoms with E-state index in [-0.39, 0.29) is 5.91 Å². The molecule has 31 heavy (non-hydrogen) atoms. The topological polar surface area (TPSA) is 73.8 Å². The van der Waals surface area contributed by atoms with Gasteiger partial charge in [0.15, 0.2) is 11.5 Å². The number of unbranched alkanes of at least 4 members (excludes halogenated alkanes) is 1. The van der Waals surface area contributed by atoms with Crippen LogP contribution >= 0.6 is 11.3 Å². The number of benzene rings is 2. The number of carbonyl (C=O) groups excluding carboxylic acids is 1. The molecule has 0 aliphatic heterocycles. The van der Waals surface area contributed by atoms with Crippen LogP contribution in [-0.2, 0) is 0 Å². The summed E-state index contributed by atoms with van der Waals surface area (Å²) in [6.45, 7) is 4.64. The molecule has 2 aromatic carbocycles. The molecule has 164 valence electrons. The molecule has 0 spiro atoms. The minimum Gasteiger partial charge on any atom is -0.493 e. The van der Waals surface area contributed by atoms with Crippen LogP contribution in [0.2, 0.25) is 0 Å². The van der Waals surface area contributed by atoms with Crippen molar-refractivity contribution in [3.63, 3.8) is 0 Å². The molecule has 7 nitrogen and oxygen atoms in total. The standard InChI is InChI=1S/C23H27N3O4S/c1-6-7-11-26(22(27)16-10-8-9-15(2)12-16)23-25-24-21(31-23)17-13-18(28-3)20(30-5)19(14-17)29-4/h8-10,12-14H,6-7,11H2,1-5H3. The summed E-state index contributed by atoms with van der Waals surface area (Å²) in [7, 11) is 4.70. The van der Waals surface area contributed by atoms with Crippen LogP contribution in [-0.4, -0.2) is 44.0 Å². The van der Waals surface area contributed by atoms with Crippen LogP contribution < -0.4 is 19.1 Å². The summed E-state index contributed by atoms with van der Waals surface area (Å²) < 4.78 is 16.3. The van der Waals surface area contributed by atoms with Gasteiger partial charge in [-0.25, -0.2) is 0 Å². The number of hydrogen-bond donors (Lipinski definition) is 0. The van der Waals surface area contributed by atoms with Crippen LogP contribution in [0.3, 0.4) is 0 Å². The largest absolute Gasteiger partial charge is 0.493 e. The van der Waals surface area contributed by atoms with Gasteiger partial charge in [0.05, 0.1) is 21.3 Å². The van der Waals surface area contributed by atoms with Crippen LogP contribution in [0.4, 0.5) is 5.13 Å². The van der Waals surface area contributed by atoms with Gasteiger partial charge in [-0.15, -0.1) is 10.2 Å². The lowest BCUT2D eigenvalue weighted by atomic mass is 10.1. The lowest BCUT2D eigenvalue weighted by Crippen LogP contribution is -2.31. The fourth-order valence-corrected chi connectivity index (χ4v) is 4.04. The van der Waals surface area contributed by atoms with Crippen LogP contribution in [0, 0.1) is 6.92 Å². The van der Waals surface area contributed by atoms with Crippen molar-refractivity contribution >= 4 is 22.4 Å². The van der Waals surface area contributed by atoms with E-state index in [0.29, 0.717) is 39.5 Å². The molecule has 0 saturated carbocycles. The van der Waals surface area contributed by atoms with Crippen molar-refractivity contribution in [3.05, 3.63) is 47.5 Å². The summed E-state index contributed by atoms with van der Waals surface area (Å²) in [5.41, 5.74) is 2.45. The van der Waals surface area contributed by atoms with Crippen LogP contribution in [0.5, 0.6) is 17.2 Å². The highest BCUT2D eigenvalue weighted by Gasteiger charge is 2.23. The summed E-state index contributed by atoms with van der Waals surface area (Å²) in [6, 6.07) is 11.2. The molecule has 3 aromatic rings. The van der Waals surface area contributed by atoms with Crippen molar-refractivity contribution in [3.8, 4) is 27.8 Å². The van der Waals surface area contributed by atoms with E-state index in [1.807, 2.05) is 43.3 Å².